The molecule has 10 heteroatoms. The van der Waals surface area contributed by atoms with Crippen LogP contribution in [0.4, 0.5) is 19.1 Å². The zero-order valence-electron chi connectivity index (χ0n) is 15.3. The first-order chi connectivity index (χ1) is 12.5. The van der Waals surface area contributed by atoms with Crippen LogP contribution < -0.4 is 16.0 Å². The van der Waals surface area contributed by atoms with Crippen molar-refractivity contribution in [3.63, 3.8) is 0 Å². The molecule has 6 nitrogen and oxygen atoms in total. The number of aliphatic imine (C=N–C) groups is 1. The summed E-state index contributed by atoms with van der Waals surface area (Å²) in [5.41, 5.74) is 0.528. The van der Waals surface area contributed by atoms with Gasteiger partial charge in [0.05, 0.1) is 0 Å². The summed E-state index contributed by atoms with van der Waals surface area (Å²) in [5.74, 6) is 0.613. The van der Waals surface area contributed by atoms with Crippen LogP contribution in [0.1, 0.15) is 37.8 Å². The first-order valence-corrected chi connectivity index (χ1v) is 8.75. The molecule has 0 aromatic carbocycles. The first-order valence-electron chi connectivity index (χ1n) is 8.75. The molecule has 1 heterocycles. The van der Waals surface area contributed by atoms with Crippen molar-refractivity contribution in [2.75, 3.05) is 32.0 Å². The van der Waals surface area contributed by atoms with E-state index in [1.165, 1.54) is 31.3 Å². The second-order valence-electron chi connectivity index (χ2n) is 5.97. The van der Waals surface area contributed by atoms with E-state index in [0.29, 0.717) is 19.0 Å². The Hall–Kier alpha value is -1.59. The molecule has 1 aliphatic carbocycles. The second kappa shape index (κ2) is 12.0. The van der Waals surface area contributed by atoms with Crippen LogP contribution in [0.3, 0.4) is 0 Å². The van der Waals surface area contributed by atoms with Gasteiger partial charge in [-0.25, -0.2) is 9.97 Å². The molecule has 1 aromatic heterocycles. The Bertz CT molecular complexity index is 633. The lowest BCUT2D eigenvalue weighted by Crippen LogP contribution is -2.40. The molecule has 0 saturated carbocycles. The van der Waals surface area contributed by atoms with Gasteiger partial charge in [0.2, 0.25) is 5.95 Å². The van der Waals surface area contributed by atoms with E-state index < -0.39 is 11.9 Å². The zero-order valence-corrected chi connectivity index (χ0v) is 17.6. The summed E-state index contributed by atoms with van der Waals surface area (Å²) in [4.78, 5) is 11.4. The quantitative estimate of drug-likeness (QED) is 0.176. The molecule has 0 atom stereocenters. The Morgan fingerprint density at radius 1 is 1.19 bits per heavy atom. The number of hydrogen-bond donors (Lipinski definition) is 3. The van der Waals surface area contributed by atoms with E-state index in [1.54, 1.807) is 7.05 Å². The average molecular weight is 498 g/mol. The van der Waals surface area contributed by atoms with E-state index in [0.717, 1.165) is 25.2 Å². The number of nitrogens with zero attached hydrogens (tertiary/aromatic N) is 3. The first kappa shape index (κ1) is 23.4. The monoisotopic (exact) mass is 498 g/mol. The summed E-state index contributed by atoms with van der Waals surface area (Å²) < 4.78 is 37.8. The van der Waals surface area contributed by atoms with Crippen molar-refractivity contribution in [1.82, 2.24) is 20.6 Å². The summed E-state index contributed by atoms with van der Waals surface area (Å²) in [6.45, 7) is 1.64. The highest BCUT2D eigenvalue weighted by Gasteiger charge is 2.32. The topological polar surface area (TPSA) is 74.2 Å². The minimum absolute atomic E-state index is 0. The molecular formula is C17H26F3IN6. The standard InChI is InChI=1S/C17H25F3N6.HI/c1-21-15(22-9-7-13-5-3-2-4-6-13)24-11-12-25-16-23-10-8-14(26-16)17(18,19)20;/h5,8,10H,2-4,6-7,9,11-12H2,1H3,(H2,21,22,24)(H,23,25,26);1H. The molecule has 0 fully saturated rings. The molecule has 0 amide bonds. The van der Waals surface area contributed by atoms with Gasteiger partial charge in [-0.05, 0) is 38.2 Å². The van der Waals surface area contributed by atoms with E-state index in [1.807, 2.05) is 0 Å². The third-order valence-electron chi connectivity index (χ3n) is 3.99. The van der Waals surface area contributed by atoms with Crippen molar-refractivity contribution >= 4 is 35.9 Å². The van der Waals surface area contributed by atoms with Crippen molar-refractivity contribution in [3.8, 4) is 0 Å². The number of guanidine groups is 1. The molecule has 0 spiro atoms. The molecule has 0 unspecified atom stereocenters. The van der Waals surface area contributed by atoms with Crippen LogP contribution in [0.25, 0.3) is 0 Å². The van der Waals surface area contributed by atoms with E-state index in [2.05, 4.69) is 37.0 Å². The molecule has 1 aromatic rings. The highest BCUT2D eigenvalue weighted by Crippen LogP contribution is 2.27. The van der Waals surface area contributed by atoms with Crippen LogP contribution in [0.2, 0.25) is 0 Å². The van der Waals surface area contributed by atoms with Gasteiger partial charge in [-0.3, -0.25) is 4.99 Å². The molecule has 0 aliphatic heterocycles. The van der Waals surface area contributed by atoms with E-state index in [-0.39, 0.29) is 29.9 Å². The highest BCUT2D eigenvalue weighted by molar-refractivity contribution is 14.0. The summed E-state index contributed by atoms with van der Waals surface area (Å²) in [5, 5.41) is 9.10. The van der Waals surface area contributed by atoms with Gasteiger partial charge in [0.1, 0.15) is 5.69 Å². The maximum absolute atomic E-state index is 12.6. The number of alkyl halides is 3. The Balaban J connectivity index is 0.00000364. The van der Waals surface area contributed by atoms with Gasteiger partial charge in [-0.2, -0.15) is 13.2 Å². The SMILES string of the molecule is CN=C(NCCNc1nccc(C(F)(F)F)n1)NCCC1=CCCCC1.I. The van der Waals surface area contributed by atoms with Crippen molar-refractivity contribution in [2.24, 2.45) is 4.99 Å². The van der Waals surface area contributed by atoms with Gasteiger partial charge in [0.25, 0.3) is 0 Å². The Morgan fingerprint density at radius 2 is 1.96 bits per heavy atom. The van der Waals surface area contributed by atoms with E-state index in [4.69, 9.17) is 0 Å². The predicted octanol–water partition coefficient (Wildman–Crippen LogP) is 3.58. The number of nitrogens with one attached hydrogen (secondary N) is 3. The number of anilines is 1. The van der Waals surface area contributed by atoms with Crippen molar-refractivity contribution in [1.29, 1.82) is 0 Å². The normalized spacial score (nSPS) is 14.8. The fourth-order valence-corrected chi connectivity index (χ4v) is 2.65. The van der Waals surface area contributed by atoms with Crippen molar-refractivity contribution < 1.29 is 13.2 Å². The second-order valence-corrected chi connectivity index (χ2v) is 5.97. The summed E-state index contributed by atoms with van der Waals surface area (Å²) in [6, 6.07) is 0.844. The van der Waals surface area contributed by atoms with Gasteiger partial charge >= 0.3 is 6.18 Å². The van der Waals surface area contributed by atoms with Crippen molar-refractivity contribution in [2.45, 2.75) is 38.3 Å². The van der Waals surface area contributed by atoms with Gasteiger partial charge in [0, 0.05) is 32.9 Å². The van der Waals surface area contributed by atoms with Gasteiger partial charge in [-0.15, -0.1) is 24.0 Å². The molecule has 2 rings (SSSR count). The Labute approximate surface area is 174 Å². The summed E-state index contributed by atoms with van der Waals surface area (Å²) in [6.07, 6.45) is 4.83. The van der Waals surface area contributed by atoms with E-state index in [9.17, 15) is 13.2 Å². The molecule has 3 N–H and O–H groups in total. The molecule has 152 valence electrons. The minimum Gasteiger partial charge on any atom is -0.356 e. The molecule has 27 heavy (non-hydrogen) atoms. The molecule has 0 radical (unpaired) electrons. The third-order valence-corrected chi connectivity index (χ3v) is 3.99. The number of halogens is 4. The predicted molar refractivity (Wildman–Crippen MR) is 111 cm³/mol. The Morgan fingerprint density at radius 3 is 2.63 bits per heavy atom. The highest BCUT2D eigenvalue weighted by atomic mass is 127. The average Bonchev–Trinajstić information content (AvgIpc) is 2.64. The van der Waals surface area contributed by atoms with E-state index >= 15 is 0 Å². The molecule has 0 saturated heterocycles. The fraction of sp³-hybridized carbons (Fsp3) is 0.588. The van der Waals surface area contributed by atoms with Gasteiger partial charge in [-0.1, -0.05) is 11.6 Å². The summed E-state index contributed by atoms with van der Waals surface area (Å²) >= 11 is 0. The van der Waals surface area contributed by atoms with Gasteiger partial charge in [0.15, 0.2) is 5.96 Å². The van der Waals surface area contributed by atoms with Gasteiger partial charge < -0.3 is 16.0 Å². The van der Waals surface area contributed by atoms with Crippen molar-refractivity contribution in [3.05, 3.63) is 29.6 Å². The van der Waals surface area contributed by atoms with Crippen LogP contribution >= 0.6 is 24.0 Å². The van der Waals surface area contributed by atoms with Crippen LogP contribution in [0.15, 0.2) is 28.9 Å². The lowest BCUT2D eigenvalue weighted by molar-refractivity contribution is -0.141. The molecular weight excluding hydrogens is 472 g/mol. The molecule has 1 aliphatic rings. The lowest BCUT2D eigenvalue weighted by atomic mass is 9.97. The lowest BCUT2D eigenvalue weighted by Gasteiger charge is -2.15. The zero-order chi connectivity index (χ0) is 18.8. The van der Waals surface area contributed by atoms with Crippen LogP contribution in [0, 0.1) is 0 Å². The van der Waals surface area contributed by atoms with Crippen LogP contribution in [-0.4, -0.2) is 42.6 Å². The minimum atomic E-state index is -4.47. The Kier molecular flexibility index (Phi) is 10.4. The number of hydrogen-bond acceptors (Lipinski definition) is 4. The van der Waals surface area contributed by atoms with Crippen LogP contribution in [-0.2, 0) is 6.18 Å². The van der Waals surface area contributed by atoms with Crippen LogP contribution in [0.5, 0.6) is 0 Å². The molecule has 0 bridgehead atoms. The number of allylic oxidation sites excluding steroid dienone is 1. The summed E-state index contributed by atoms with van der Waals surface area (Å²) in [7, 11) is 1.68. The number of rotatable bonds is 7. The third kappa shape index (κ3) is 8.76. The number of aromatic nitrogens is 2. The maximum atomic E-state index is 12.6. The maximum Gasteiger partial charge on any atom is 0.433 e. The largest absolute Gasteiger partial charge is 0.433 e. The smallest absolute Gasteiger partial charge is 0.356 e. The fourth-order valence-electron chi connectivity index (χ4n) is 2.65.